The molecule has 0 saturated carbocycles. The van der Waals surface area contributed by atoms with E-state index in [0.717, 1.165) is 18.7 Å². The van der Waals surface area contributed by atoms with Crippen LogP contribution in [0.5, 0.6) is 0 Å². The van der Waals surface area contributed by atoms with Gasteiger partial charge in [-0.1, -0.05) is 13.8 Å². The van der Waals surface area contributed by atoms with E-state index >= 15 is 0 Å². The lowest BCUT2D eigenvalue weighted by molar-refractivity contribution is 0.339. The first-order valence-electron chi connectivity index (χ1n) is 7.30. The number of nitrogens with zero attached hydrogens (tertiary/aromatic N) is 2. The molecule has 1 aromatic heterocycles. The molecule has 2 unspecified atom stereocenters. The monoisotopic (exact) mass is 329 g/mol. The van der Waals surface area contributed by atoms with E-state index in [0.29, 0.717) is 17.5 Å². The van der Waals surface area contributed by atoms with Crippen LogP contribution < -0.4 is 5.32 Å². The van der Waals surface area contributed by atoms with Gasteiger partial charge in [0, 0.05) is 36.3 Å². The van der Waals surface area contributed by atoms with Crippen LogP contribution >= 0.6 is 11.8 Å². The minimum absolute atomic E-state index is 0.0187. The van der Waals surface area contributed by atoms with Crippen LogP contribution in [0.3, 0.4) is 0 Å². The highest BCUT2D eigenvalue weighted by Crippen LogP contribution is 2.31. The normalized spacial score (nSPS) is 24.0. The zero-order valence-corrected chi connectivity index (χ0v) is 14.4. The minimum Gasteiger partial charge on any atom is -0.383 e. The Morgan fingerprint density at radius 1 is 1.48 bits per heavy atom. The van der Waals surface area contributed by atoms with Crippen molar-refractivity contribution < 1.29 is 8.42 Å². The van der Waals surface area contributed by atoms with Crippen molar-refractivity contribution in [2.45, 2.75) is 43.5 Å². The fourth-order valence-corrected chi connectivity index (χ4v) is 5.42. The fraction of sp³-hybridized carbons (Fsp3) is 0.643. The average molecular weight is 329 g/mol. The molecule has 0 spiro atoms. The Balaban J connectivity index is 2.35. The summed E-state index contributed by atoms with van der Waals surface area (Å²) in [6.07, 6.45) is 2.47. The van der Waals surface area contributed by atoms with Crippen molar-refractivity contribution in [2.75, 3.05) is 24.2 Å². The second-order valence-corrected chi connectivity index (χ2v) is 8.51. The number of pyridine rings is 1. The quantitative estimate of drug-likeness (QED) is 0.899. The largest absolute Gasteiger partial charge is 0.383 e. The molecule has 1 N–H and O–H groups in total. The van der Waals surface area contributed by atoms with E-state index in [1.165, 1.54) is 6.20 Å². The van der Waals surface area contributed by atoms with E-state index in [-0.39, 0.29) is 11.1 Å². The molecule has 1 fully saturated rings. The van der Waals surface area contributed by atoms with Gasteiger partial charge in [0.25, 0.3) is 10.0 Å². The number of aromatic nitrogens is 1. The zero-order valence-electron chi connectivity index (χ0n) is 12.7. The number of hydrogen-bond acceptors (Lipinski definition) is 5. The number of thioether (sulfide) groups is 1. The van der Waals surface area contributed by atoms with Crippen LogP contribution in [0.4, 0.5) is 5.69 Å². The highest BCUT2D eigenvalue weighted by Gasteiger charge is 2.36. The van der Waals surface area contributed by atoms with E-state index in [1.807, 2.05) is 25.6 Å². The zero-order chi connectivity index (χ0) is 15.5. The SMILES string of the molecule is CCCNc1cccnc1S(=O)(=O)N1CCSC(C)C1C. The number of hydrogen-bond donors (Lipinski definition) is 1. The van der Waals surface area contributed by atoms with Crippen LogP contribution in [0.15, 0.2) is 23.4 Å². The predicted octanol–water partition coefficient (Wildman–Crippen LogP) is 2.42. The Bertz CT molecular complexity index is 577. The fourth-order valence-electron chi connectivity index (χ4n) is 2.35. The first-order chi connectivity index (χ1) is 9.98. The Morgan fingerprint density at radius 3 is 2.95 bits per heavy atom. The maximum Gasteiger partial charge on any atom is 0.262 e. The molecule has 118 valence electrons. The molecule has 21 heavy (non-hydrogen) atoms. The van der Waals surface area contributed by atoms with Gasteiger partial charge in [0.15, 0.2) is 5.03 Å². The van der Waals surface area contributed by atoms with Crippen LogP contribution in [0.1, 0.15) is 27.2 Å². The molecule has 0 aromatic carbocycles. The van der Waals surface area contributed by atoms with E-state index in [4.69, 9.17) is 0 Å². The van der Waals surface area contributed by atoms with Crippen molar-refractivity contribution in [2.24, 2.45) is 0 Å². The molecular formula is C14H23N3O2S2. The number of anilines is 1. The van der Waals surface area contributed by atoms with Crippen molar-refractivity contribution in [3.8, 4) is 0 Å². The van der Waals surface area contributed by atoms with Gasteiger partial charge in [-0.2, -0.15) is 16.1 Å². The molecule has 2 atom stereocenters. The van der Waals surface area contributed by atoms with Crippen molar-refractivity contribution in [1.82, 2.24) is 9.29 Å². The Kier molecular flexibility index (Phi) is 5.51. The van der Waals surface area contributed by atoms with Crippen LogP contribution in [0, 0.1) is 0 Å². The smallest absolute Gasteiger partial charge is 0.262 e. The molecule has 2 heterocycles. The predicted molar refractivity (Wildman–Crippen MR) is 88.3 cm³/mol. The molecule has 1 saturated heterocycles. The highest BCUT2D eigenvalue weighted by molar-refractivity contribution is 8.00. The molecule has 7 heteroatoms. The standard InChI is InChI=1S/C14H23N3O2S2/c1-4-7-15-13-6-5-8-16-14(13)21(18,19)17-9-10-20-12(3)11(17)2/h5-6,8,11-12,15H,4,7,9-10H2,1-3H3. The van der Waals surface area contributed by atoms with Gasteiger partial charge < -0.3 is 5.32 Å². The lowest BCUT2D eigenvalue weighted by Gasteiger charge is -2.36. The lowest BCUT2D eigenvalue weighted by Crippen LogP contribution is -2.48. The molecule has 1 aliphatic heterocycles. The van der Waals surface area contributed by atoms with E-state index in [2.05, 4.69) is 17.2 Å². The van der Waals surface area contributed by atoms with E-state index in [1.54, 1.807) is 16.4 Å². The Morgan fingerprint density at radius 2 is 2.24 bits per heavy atom. The van der Waals surface area contributed by atoms with Gasteiger partial charge in [-0.05, 0) is 25.5 Å². The molecule has 0 radical (unpaired) electrons. The van der Waals surface area contributed by atoms with Gasteiger partial charge in [-0.15, -0.1) is 0 Å². The average Bonchev–Trinajstić information content (AvgIpc) is 2.48. The van der Waals surface area contributed by atoms with Gasteiger partial charge >= 0.3 is 0 Å². The summed E-state index contributed by atoms with van der Waals surface area (Å²) in [7, 11) is -3.56. The molecule has 0 bridgehead atoms. The number of nitrogens with one attached hydrogen (secondary N) is 1. The van der Waals surface area contributed by atoms with Gasteiger partial charge in [0.1, 0.15) is 0 Å². The first-order valence-corrected chi connectivity index (χ1v) is 9.79. The Labute approximate surface area is 131 Å². The summed E-state index contributed by atoms with van der Waals surface area (Å²) in [4.78, 5) is 4.14. The second-order valence-electron chi connectivity index (χ2n) is 5.22. The lowest BCUT2D eigenvalue weighted by atomic mass is 10.2. The van der Waals surface area contributed by atoms with Gasteiger partial charge in [0.2, 0.25) is 0 Å². The van der Waals surface area contributed by atoms with Crippen molar-refractivity contribution in [3.63, 3.8) is 0 Å². The van der Waals surface area contributed by atoms with E-state index in [9.17, 15) is 8.42 Å². The van der Waals surface area contributed by atoms with Gasteiger partial charge in [-0.3, -0.25) is 0 Å². The summed E-state index contributed by atoms with van der Waals surface area (Å²) >= 11 is 1.82. The molecule has 1 aliphatic rings. The van der Waals surface area contributed by atoms with Crippen molar-refractivity contribution >= 4 is 27.5 Å². The third kappa shape index (κ3) is 3.52. The minimum atomic E-state index is -3.56. The van der Waals surface area contributed by atoms with Gasteiger partial charge in [0.05, 0.1) is 5.69 Å². The summed E-state index contributed by atoms with van der Waals surface area (Å²) in [5, 5.41) is 3.60. The highest BCUT2D eigenvalue weighted by atomic mass is 32.2. The van der Waals surface area contributed by atoms with Crippen LogP contribution in [0.25, 0.3) is 0 Å². The van der Waals surface area contributed by atoms with Crippen LogP contribution in [0.2, 0.25) is 0 Å². The van der Waals surface area contributed by atoms with E-state index < -0.39 is 10.0 Å². The molecule has 2 rings (SSSR count). The summed E-state index contributed by atoms with van der Waals surface area (Å²) in [5.74, 6) is 0.829. The van der Waals surface area contributed by atoms with Crippen LogP contribution in [-0.2, 0) is 10.0 Å². The molecule has 0 amide bonds. The molecule has 0 aliphatic carbocycles. The number of sulfonamides is 1. The van der Waals surface area contributed by atoms with Gasteiger partial charge in [-0.25, -0.2) is 13.4 Å². The summed E-state index contributed by atoms with van der Waals surface area (Å²) in [6, 6.07) is 3.52. The molecule has 1 aromatic rings. The maximum atomic E-state index is 12.9. The first kappa shape index (κ1) is 16.6. The maximum absolute atomic E-state index is 12.9. The summed E-state index contributed by atoms with van der Waals surface area (Å²) < 4.78 is 27.5. The third-order valence-electron chi connectivity index (χ3n) is 3.72. The Hall–Kier alpha value is -0.790. The summed E-state index contributed by atoms with van der Waals surface area (Å²) in [5.41, 5.74) is 0.595. The second kappa shape index (κ2) is 6.98. The number of rotatable bonds is 5. The van der Waals surface area contributed by atoms with Crippen molar-refractivity contribution in [3.05, 3.63) is 18.3 Å². The topological polar surface area (TPSA) is 62.3 Å². The van der Waals surface area contributed by atoms with Crippen LogP contribution in [-0.4, -0.2) is 47.8 Å². The molecule has 5 nitrogen and oxygen atoms in total. The third-order valence-corrected chi connectivity index (χ3v) is 7.00. The molecular weight excluding hydrogens is 306 g/mol. The van der Waals surface area contributed by atoms with Crippen molar-refractivity contribution in [1.29, 1.82) is 0 Å². The summed E-state index contributed by atoms with van der Waals surface area (Å²) in [6.45, 7) is 7.36.